The van der Waals surface area contributed by atoms with Gasteiger partial charge in [0, 0.05) is 0 Å². The van der Waals surface area contributed by atoms with Crippen molar-refractivity contribution in [1.29, 1.82) is 0 Å². The van der Waals surface area contributed by atoms with Crippen LogP contribution in [-0.2, 0) is 0 Å². The van der Waals surface area contributed by atoms with Crippen molar-refractivity contribution < 1.29 is 4.42 Å². The molecule has 3 heteroatoms. The number of rotatable bonds is 2. The van der Waals surface area contributed by atoms with Crippen LogP contribution >= 0.6 is 15.9 Å². The van der Waals surface area contributed by atoms with Gasteiger partial charge >= 0.3 is 0 Å². The molecule has 1 aromatic heterocycles. The first-order valence-corrected chi connectivity index (χ1v) is 6.37. The number of hydrogen-bond acceptors (Lipinski definition) is 2. The Morgan fingerprint density at radius 2 is 1.71 bits per heavy atom. The largest absolute Gasteiger partial charge is 0.452 e. The van der Waals surface area contributed by atoms with Gasteiger partial charge in [-0.15, -0.1) is 0 Å². The van der Waals surface area contributed by atoms with E-state index in [1.165, 1.54) is 16.7 Å². The van der Waals surface area contributed by atoms with Gasteiger partial charge in [-0.3, -0.25) is 0 Å². The highest BCUT2D eigenvalue weighted by Crippen LogP contribution is 2.27. The highest BCUT2D eigenvalue weighted by atomic mass is 79.9. The number of nitrogens with two attached hydrogens (primary N) is 1. The van der Waals surface area contributed by atoms with Crippen molar-refractivity contribution in [2.45, 2.75) is 26.8 Å². The Morgan fingerprint density at radius 3 is 2.29 bits per heavy atom. The second-order valence-corrected chi connectivity index (χ2v) is 5.19. The third-order valence-corrected chi connectivity index (χ3v) is 3.54. The van der Waals surface area contributed by atoms with Gasteiger partial charge < -0.3 is 10.2 Å². The summed E-state index contributed by atoms with van der Waals surface area (Å²) in [5, 5.41) is 0. The zero-order valence-electron chi connectivity index (χ0n) is 10.3. The maximum absolute atomic E-state index is 6.23. The van der Waals surface area contributed by atoms with E-state index in [-0.39, 0.29) is 6.04 Å². The first kappa shape index (κ1) is 12.4. The van der Waals surface area contributed by atoms with E-state index in [0.29, 0.717) is 4.67 Å². The highest BCUT2D eigenvalue weighted by molar-refractivity contribution is 9.10. The first-order valence-electron chi connectivity index (χ1n) is 5.57. The van der Waals surface area contributed by atoms with Gasteiger partial charge in [0.1, 0.15) is 5.76 Å². The molecule has 2 nitrogen and oxygen atoms in total. The van der Waals surface area contributed by atoms with Gasteiger partial charge in [0.05, 0.1) is 6.04 Å². The summed E-state index contributed by atoms with van der Waals surface area (Å²) in [4.78, 5) is 0. The molecular formula is C14H16BrNO. The molecule has 0 spiro atoms. The standard InChI is InChI=1S/C14H16BrNO/c1-8-6-10(3)11(7-9(8)2)14(16)12-4-5-13(15)17-12/h4-7,14H,16H2,1-3H3. The fourth-order valence-electron chi connectivity index (χ4n) is 1.97. The summed E-state index contributed by atoms with van der Waals surface area (Å²) >= 11 is 3.30. The van der Waals surface area contributed by atoms with E-state index in [4.69, 9.17) is 10.2 Å². The fraction of sp³-hybridized carbons (Fsp3) is 0.286. The van der Waals surface area contributed by atoms with Crippen molar-refractivity contribution in [2.75, 3.05) is 0 Å². The minimum absolute atomic E-state index is 0.208. The molecule has 0 aliphatic rings. The summed E-state index contributed by atoms with van der Waals surface area (Å²) in [7, 11) is 0. The molecular weight excluding hydrogens is 278 g/mol. The first-order chi connectivity index (χ1) is 7.99. The average Bonchev–Trinajstić information content (AvgIpc) is 2.69. The molecule has 2 N–H and O–H groups in total. The van der Waals surface area contributed by atoms with Gasteiger partial charge in [-0.05, 0) is 71.1 Å². The lowest BCUT2D eigenvalue weighted by atomic mass is 9.95. The molecule has 1 aromatic carbocycles. The molecule has 0 fully saturated rings. The molecule has 2 rings (SSSR count). The molecule has 0 amide bonds. The Labute approximate surface area is 110 Å². The molecule has 2 aromatic rings. The molecule has 0 saturated carbocycles. The van der Waals surface area contributed by atoms with Gasteiger partial charge in [-0.1, -0.05) is 12.1 Å². The molecule has 90 valence electrons. The van der Waals surface area contributed by atoms with Crippen LogP contribution in [0.2, 0.25) is 0 Å². The maximum atomic E-state index is 6.23. The van der Waals surface area contributed by atoms with Crippen LogP contribution in [0.1, 0.15) is 34.1 Å². The molecule has 17 heavy (non-hydrogen) atoms. The third kappa shape index (κ3) is 2.45. The van der Waals surface area contributed by atoms with Crippen LogP contribution in [0.25, 0.3) is 0 Å². The van der Waals surface area contributed by atoms with Crippen LogP contribution in [0.4, 0.5) is 0 Å². The normalized spacial score (nSPS) is 12.8. The van der Waals surface area contributed by atoms with Gasteiger partial charge in [0.15, 0.2) is 4.67 Å². The SMILES string of the molecule is Cc1cc(C)c(C(N)c2ccc(Br)o2)cc1C. The van der Waals surface area contributed by atoms with Gasteiger partial charge in [0.2, 0.25) is 0 Å². The Morgan fingerprint density at radius 1 is 1.06 bits per heavy atom. The monoisotopic (exact) mass is 293 g/mol. The molecule has 0 radical (unpaired) electrons. The highest BCUT2D eigenvalue weighted by Gasteiger charge is 2.15. The molecule has 0 aliphatic heterocycles. The number of benzene rings is 1. The summed E-state index contributed by atoms with van der Waals surface area (Å²) < 4.78 is 6.23. The van der Waals surface area contributed by atoms with Crippen molar-refractivity contribution in [2.24, 2.45) is 5.73 Å². The third-order valence-electron chi connectivity index (χ3n) is 3.12. The Hall–Kier alpha value is -1.06. The Balaban J connectivity index is 2.43. The summed E-state index contributed by atoms with van der Waals surface area (Å²) in [6.45, 7) is 6.30. The van der Waals surface area contributed by atoms with E-state index in [2.05, 4.69) is 48.8 Å². The lowest BCUT2D eigenvalue weighted by molar-refractivity contribution is 0.469. The van der Waals surface area contributed by atoms with Crippen molar-refractivity contribution in [3.05, 3.63) is 56.9 Å². The van der Waals surface area contributed by atoms with Crippen molar-refractivity contribution in [3.63, 3.8) is 0 Å². The lowest BCUT2D eigenvalue weighted by Gasteiger charge is -2.15. The lowest BCUT2D eigenvalue weighted by Crippen LogP contribution is -2.13. The van der Waals surface area contributed by atoms with Crippen LogP contribution in [0.15, 0.2) is 33.4 Å². The summed E-state index contributed by atoms with van der Waals surface area (Å²) in [5.41, 5.74) is 11.1. The minimum atomic E-state index is -0.208. The van der Waals surface area contributed by atoms with Gasteiger partial charge in [-0.25, -0.2) is 0 Å². The molecule has 0 aliphatic carbocycles. The molecule has 0 saturated heterocycles. The number of halogens is 1. The number of furan rings is 1. The second-order valence-electron chi connectivity index (χ2n) is 4.41. The summed E-state index contributed by atoms with van der Waals surface area (Å²) in [5.74, 6) is 0.781. The van der Waals surface area contributed by atoms with Crippen LogP contribution in [-0.4, -0.2) is 0 Å². The zero-order valence-corrected chi connectivity index (χ0v) is 11.8. The van der Waals surface area contributed by atoms with E-state index < -0.39 is 0 Å². The van der Waals surface area contributed by atoms with Gasteiger partial charge in [-0.2, -0.15) is 0 Å². The quantitative estimate of drug-likeness (QED) is 0.908. The van der Waals surface area contributed by atoms with Crippen LogP contribution < -0.4 is 5.73 Å². The molecule has 1 atom stereocenters. The van der Waals surface area contributed by atoms with Crippen molar-refractivity contribution in [1.82, 2.24) is 0 Å². The van der Waals surface area contributed by atoms with Crippen molar-refractivity contribution in [3.8, 4) is 0 Å². The summed E-state index contributed by atoms with van der Waals surface area (Å²) in [6.07, 6.45) is 0. The second kappa shape index (κ2) is 4.67. The molecule has 0 bridgehead atoms. The predicted molar refractivity (Wildman–Crippen MR) is 73.1 cm³/mol. The Bertz CT molecular complexity index is 545. The minimum Gasteiger partial charge on any atom is -0.452 e. The summed E-state index contributed by atoms with van der Waals surface area (Å²) in [6, 6.07) is 7.88. The Kier molecular flexibility index (Phi) is 3.40. The average molecular weight is 294 g/mol. The van der Waals surface area contributed by atoms with Crippen LogP contribution in [0, 0.1) is 20.8 Å². The topological polar surface area (TPSA) is 39.2 Å². The molecule has 1 unspecified atom stereocenters. The van der Waals surface area contributed by atoms with E-state index in [9.17, 15) is 0 Å². The maximum Gasteiger partial charge on any atom is 0.169 e. The van der Waals surface area contributed by atoms with Crippen molar-refractivity contribution >= 4 is 15.9 Å². The van der Waals surface area contributed by atoms with Crippen LogP contribution in [0.3, 0.4) is 0 Å². The zero-order chi connectivity index (χ0) is 12.6. The van der Waals surface area contributed by atoms with E-state index >= 15 is 0 Å². The predicted octanol–water partition coefficient (Wildman–Crippen LogP) is 4.02. The molecule has 1 heterocycles. The van der Waals surface area contributed by atoms with Gasteiger partial charge in [0.25, 0.3) is 0 Å². The van der Waals surface area contributed by atoms with E-state index in [0.717, 1.165) is 11.3 Å². The van der Waals surface area contributed by atoms with E-state index in [1.54, 1.807) is 0 Å². The number of hydrogen-bond donors (Lipinski definition) is 1. The van der Waals surface area contributed by atoms with Crippen LogP contribution in [0.5, 0.6) is 0 Å². The number of aryl methyl sites for hydroxylation is 3. The van der Waals surface area contributed by atoms with E-state index in [1.807, 2.05) is 12.1 Å². The smallest absolute Gasteiger partial charge is 0.169 e. The fourth-order valence-corrected chi connectivity index (χ4v) is 2.29.